The van der Waals surface area contributed by atoms with E-state index in [1.165, 1.54) is 35.8 Å². The molecule has 2 aromatic heterocycles. The van der Waals surface area contributed by atoms with Gasteiger partial charge in [0.1, 0.15) is 5.69 Å². The number of carbonyl (C=O) groups excluding carboxylic acids is 2. The van der Waals surface area contributed by atoms with Crippen molar-refractivity contribution in [2.75, 3.05) is 5.32 Å². The van der Waals surface area contributed by atoms with E-state index in [9.17, 15) is 22.8 Å². The minimum absolute atomic E-state index is 0.0378. The second-order valence-corrected chi connectivity index (χ2v) is 6.23. The first-order valence-corrected chi connectivity index (χ1v) is 8.32. The van der Waals surface area contributed by atoms with Crippen molar-refractivity contribution in [1.82, 2.24) is 9.97 Å². The summed E-state index contributed by atoms with van der Waals surface area (Å²) in [4.78, 5) is 31.1. The predicted octanol–water partition coefficient (Wildman–Crippen LogP) is 3.58. The number of hydrogen-bond donors (Lipinski definition) is 2. The van der Waals surface area contributed by atoms with Gasteiger partial charge in [0.15, 0.2) is 5.13 Å². The molecule has 0 fully saturated rings. The summed E-state index contributed by atoms with van der Waals surface area (Å²) in [6, 6.07) is 7.45. The normalized spacial score (nSPS) is 11.2. The number of amides is 2. The van der Waals surface area contributed by atoms with E-state index in [0.717, 1.165) is 23.5 Å². The first-order valence-electron chi connectivity index (χ1n) is 7.44. The zero-order valence-electron chi connectivity index (χ0n) is 13.4. The number of anilines is 1. The molecule has 0 aliphatic carbocycles. The molecule has 3 N–H and O–H groups in total. The van der Waals surface area contributed by atoms with Gasteiger partial charge in [-0.25, -0.2) is 4.98 Å². The van der Waals surface area contributed by atoms with Crippen LogP contribution in [0.1, 0.15) is 26.4 Å². The molecule has 1 aromatic carbocycles. The van der Waals surface area contributed by atoms with Gasteiger partial charge in [-0.1, -0.05) is 12.1 Å². The van der Waals surface area contributed by atoms with Crippen molar-refractivity contribution in [2.24, 2.45) is 5.73 Å². The summed E-state index contributed by atoms with van der Waals surface area (Å²) in [6.45, 7) is 0. The van der Waals surface area contributed by atoms with E-state index in [1.54, 1.807) is 0 Å². The van der Waals surface area contributed by atoms with Gasteiger partial charge in [0.25, 0.3) is 5.91 Å². The third-order valence-electron chi connectivity index (χ3n) is 3.49. The number of alkyl halides is 3. The predicted molar refractivity (Wildman–Crippen MR) is 93.3 cm³/mol. The molecule has 0 bridgehead atoms. The second kappa shape index (κ2) is 7.16. The van der Waals surface area contributed by atoms with E-state index in [2.05, 4.69) is 15.3 Å². The van der Waals surface area contributed by atoms with Crippen molar-refractivity contribution in [2.45, 2.75) is 6.18 Å². The number of primary amides is 1. The summed E-state index contributed by atoms with van der Waals surface area (Å²) < 4.78 is 38.4. The number of carbonyl (C=O) groups is 2. The number of nitrogens with zero attached hydrogens (tertiary/aromatic N) is 2. The van der Waals surface area contributed by atoms with Crippen LogP contribution >= 0.6 is 11.3 Å². The lowest BCUT2D eigenvalue weighted by Crippen LogP contribution is -2.15. The highest BCUT2D eigenvalue weighted by molar-refractivity contribution is 7.14. The lowest BCUT2D eigenvalue weighted by Gasteiger charge is -2.07. The lowest BCUT2D eigenvalue weighted by molar-refractivity contribution is -0.137. The minimum Gasteiger partial charge on any atom is -0.366 e. The summed E-state index contributed by atoms with van der Waals surface area (Å²) in [7, 11) is 0. The van der Waals surface area contributed by atoms with E-state index < -0.39 is 23.6 Å². The molecule has 0 aliphatic rings. The van der Waals surface area contributed by atoms with Crippen molar-refractivity contribution in [1.29, 1.82) is 0 Å². The van der Waals surface area contributed by atoms with E-state index in [-0.39, 0.29) is 22.0 Å². The molecule has 2 heterocycles. The Labute approximate surface area is 154 Å². The maximum Gasteiger partial charge on any atom is 0.416 e. The minimum atomic E-state index is -4.45. The highest BCUT2D eigenvalue weighted by Crippen LogP contribution is 2.33. The molecular formula is C17H11F3N4O2S. The van der Waals surface area contributed by atoms with Crippen LogP contribution in [0.5, 0.6) is 0 Å². The smallest absolute Gasteiger partial charge is 0.366 e. The monoisotopic (exact) mass is 392 g/mol. The Kier molecular flexibility index (Phi) is 4.91. The Morgan fingerprint density at radius 2 is 1.93 bits per heavy atom. The van der Waals surface area contributed by atoms with Crippen LogP contribution in [0.2, 0.25) is 0 Å². The second-order valence-electron chi connectivity index (χ2n) is 5.37. The standard InChI is InChI=1S/C17H11F3N4O2S/c18-17(19,20)11-3-1-2-9(6-11)13-8-27-16(23-13)24-15(26)12-5-4-10(7-22-12)14(21)25/h1-8H,(H2,21,25)(H,23,24,26). The molecule has 0 spiro atoms. The molecule has 10 heteroatoms. The Morgan fingerprint density at radius 3 is 2.56 bits per heavy atom. The molecule has 0 saturated heterocycles. The third-order valence-corrected chi connectivity index (χ3v) is 4.25. The van der Waals surface area contributed by atoms with E-state index in [0.29, 0.717) is 5.69 Å². The highest BCUT2D eigenvalue weighted by atomic mass is 32.1. The number of pyridine rings is 1. The van der Waals surface area contributed by atoms with Crippen LogP contribution in [0, 0.1) is 0 Å². The van der Waals surface area contributed by atoms with E-state index >= 15 is 0 Å². The number of thiazole rings is 1. The van der Waals surface area contributed by atoms with Crippen molar-refractivity contribution < 1.29 is 22.8 Å². The molecule has 3 rings (SSSR count). The van der Waals surface area contributed by atoms with Crippen LogP contribution < -0.4 is 11.1 Å². The number of aromatic nitrogens is 2. The molecule has 0 aliphatic heterocycles. The number of rotatable bonds is 4. The molecule has 3 aromatic rings. The average molecular weight is 392 g/mol. The van der Waals surface area contributed by atoms with Gasteiger partial charge in [-0.05, 0) is 24.3 Å². The molecule has 0 unspecified atom stereocenters. The number of hydrogen-bond acceptors (Lipinski definition) is 5. The van der Waals surface area contributed by atoms with Crippen LogP contribution in [-0.4, -0.2) is 21.8 Å². The largest absolute Gasteiger partial charge is 0.416 e. The van der Waals surface area contributed by atoms with Crippen LogP contribution in [0.4, 0.5) is 18.3 Å². The summed E-state index contributed by atoms with van der Waals surface area (Å²) in [5, 5.41) is 4.25. The van der Waals surface area contributed by atoms with Gasteiger partial charge >= 0.3 is 6.18 Å². The molecule has 0 radical (unpaired) electrons. The van der Waals surface area contributed by atoms with Crippen molar-refractivity contribution >= 4 is 28.3 Å². The summed E-state index contributed by atoms with van der Waals surface area (Å²) in [5.41, 5.74) is 5.11. The topological polar surface area (TPSA) is 98.0 Å². The van der Waals surface area contributed by atoms with Crippen LogP contribution in [0.3, 0.4) is 0 Å². The Bertz CT molecular complexity index is 1000. The molecule has 27 heavy (non-hydrogen) atoms. The third kappa shape index (κ3) is 4.29. The van der Waals surface area contributed by atoms with Crippen LogP contribution in [0.15, 0.2) is 48.0 Å². The molecular weight excluding hydrogens is 381 g/mol. The SMILES string of the molecule is NC(=O)c1ccc(C(=O)Nc2nc(-c3cccc(C(F)(F)F)c3)cs2)nc1. The maximum atomic E-state index is 12.8. The molecule has 0 atom stereocenters. The van der Waals surface area contributed by atoms with Crippen molar-refractivity contribution in [3.05, 3.63) is 64.8 Å². The average Bonchev–Trinajstić information content (AvgIpc) is 3.09. The van der Waals surface area contributed by atoms with Gasteiger partial charge in [-0.3, -0.25) is 19.9 Å². The molecule has 6 nitrogen and oxygen atoms in total. The molecule has 0 saturated carbocycles. The van der Waals surface area contributed by atoms with Gasteiger partial charge in [-0.2, -0.15) is 13.2 Å². The van der Waals surface area contributed by atoms with Crippen molar-refractivity contribution in [3.63, 3.8) is 0 Å². The maximum absolute atomic E-state index is 12.8. The summed E-state index contributed by atoms with van der Waals surface area (Å²) in [5.74, 6) is -1.24. The van der Waals surface area contributed by atoms with Gasteiger partial charge in [0.05, 0.1) is 16.8 Å². The summed E-state index contributed by atoms with van der Waals surface area (Å²) >= 11 is 1.06. The fourth-order valence-corrected chi connectivity index (χ4v) is 2.87. The first kappa shape index (κ1) is 18.5. The first-order chi connectivity index (χ1) is 12.7. The van der Waals surface area contributed by atoms with Gasteiger partial charge in [-0.15, -0.1) is 11.3 Å². The Balaban J connectivity index is 1.76. The lowest BCUT2D eigenvalue weighted by atomic mass is 10.1. The van der Waals surface area contributed by atoms with Crippen molar-refractivity contribution in [3.8, 4) is 11.3 Å². The van der Waals surface area contributed by atoms with E-state index in [4.69, 9.17) is 5.73 Å². The van der Waals surface area contributed by atoms with Crippen LogP contribution in [-0.2, 0) is 6.18 Å². The fraction of sp³-hybridized carbons (Fsp3) is 0.0588. The van der Waals surface area contributed by atoms with Crippen LogP contribution in [0.25, 0.3) is 11.3 Å². The van der Waals surface area contributed by atoms with Gasteiger partial charge < -0.3 is 5.73 Å². The summed E-state index contributed by atoms with van der Waals surface area (Å²) in [6.07, 6.45) is -3.28. The highest BCUT2D eigenvalue weighted by Gasteiger charge is 2.30. The number of benzene rings is 1. The Morgan fingerprint density at radius 1 is 1.15 bits per heavy atom. The zero-order chi connectivity index (χ0) is 19.6. The molecule has 138 valence electrons. The molecule has 2 amide bonds. The number of nitrogens with one attached hydrogen (secondary N) is 1. The fourth-order valence-electron chi connectivity index (χ4n) is 2.15. The van der Waals surface area contributed by atoms with Gasteiger partial charge in [0, 0.05) is 17.1 Å². The van der Waals surface area contributed by atoms with Gasteiger partial charge in [0.2, 0.25) is 5.91 Å². The zero-order valence-corrected chi connectivity index (χ0v) is 14.3. The Hall–Kier alpha value is -3.27. The number of nitrogens with two attached hydrogens (primary N) is 1. The van der Waals surface area contributed by atoms with E-state index in [1.807, 2.05) is 0 Å². The quantitative estimate of drug-likeness (QED) is 0.709. The number of halogens is 3.